The van der Waals surface area contributed by atoms with Crippen LogP contribution >= 0.6 is 0 Å². The molecule has 0 atom stereocenters. The van der Waals surface area contributed by atoms with Gasteiger partial charge < -0.3 is 4.90 Å². The molecular formula is C7H14N2. The molecule has 0 spiro atoms. The van der Waals surface area contributed by atoms with E-state index in [1.165, 1.54) is 5.70 Å². The van der Waals surface area contributed by atoms with Gasteiger partial charge >= 0.3 is 0 Å². The van der Waals surface area contributed by atoms with Crippen molar-refractivity contribution in [1.29, 1.82) is 0 Å². The van der Waals surface area contributed by atoms with Crippen LogP contribution in [0.5, 0.6) is 0 Å². The number of hydrogen-bond donors (Lipinski definition) is 0. The zero-order chi connectivity index (χ0) is 7.28. The predicted octanol–water partition coefficient (Wildman–Crippen LogP) is 1.15. The minimum absolute atomic E-state index is 1.21. The first-order chi connectivity index (χ1) is 4.18. The van der Waals surface area contributed by atoms with Gasteiger partial charge in [0.1, 0.15) is 0 Å². The Balaban J connectivity index is 3.84. The summed E-state index contributed by atoms with van der Waals surface area (Å²) in [4.78, 5) is 5.87. The van der Waals surface area contributed by atoms with Crippen molar-refractivity contribution >= 4 is 6.21 Å². The average molecular weight is 126 g/mol. The normalized spacial score (nSPS) is 12.7. The Morgan fingerprint density at radius 2 is 2.00 bits per heavy atom. The number of nitrogens with zero attached hydrogens (tertiary/aromatic N) is 2. The van der Waals surface area contributed by atoms with Crippen molar-refractivity contribution in [1.82, 2.24) is 4.90 Å². The van der Waals surface area contributed by atoms with E-state index >= 15 is 0 Å². The van der Waals surface area contributed by atoms with Crippen LogP contribution in [0.25, 0.3) is 0 Å². The first-order valence-corrected chi connectivity index (χ1v) is 2.95. The van der Waals surface area contributed by atoms with E-state index in [1.54, 1.807) is 13.3 Å². The molecular weight excluding hydrogens is 112 g/mol. The van der Waals surface area contributed by atoms with Crippen LogP contribution in [-0.2, 0) is 0 Å². The molecule has 2 nitrogen and oxygen atoms in total. The lowest BCUT2D eigenvalue weighted by Gasteiger charge is -2.10. The zero-order valence-electron chi connectivity index (χ0n) is 6.55. The highest BCUT2D eigenvalue weighted by Crippen LogP contribution is 1.92. The van der Waals surface area contributed by atoms with Gasteiger partial charge in [0.05, 0.1) is 0 Å². The fourth-order valence-corrected chi connectivity index (χ4v) is 0.331. The highest BCUT2D eigenvalue weighted by atomic mass is 15.1. The summed E-state index contributed by atoms with van der Waals surface area (Å²) in [5.74, 6) is 0. The average Bonchev–Trinajstić information content (AvgIpc) is 1.82. The molecule has 0 aromatic carbocycles. The van der Waals surface area contributed by atoms with Gasteiger partial charge in [-0.3, -0.25) is 4.99 Å². The van der Waals surface area contributed by atoms with Gasteiger partial charge in [0, 0.05) is 33.1 Å². The first kappa shape index (κ1) is 8.21. The highest BCUT2D eigenvalue weighted by Gasteiger charge is 1.85. The third kappa shape index (κ3) is 3.76. The van der Waals surface area contributed by atoms with Crippen LogP contribution in [0.3, 0.4) is 0 Å². The lowest BCUT2D eigenvalue weighted by Crippen LogP contribution is -2.07. The third-order valence-corrected chi connectivity index (χ3v) is 1.17. The van der Waals surface area contributed by atoms with Crippen LogP contribution in [0.2, 0.25) is 0 Å². The van der Waals surface area contributed by atoms with Crippen molar-refractivity contribution < 1.29 is 0 Å². The summed E-state index contributed by atoms with van der Waals surface area (Å²) >= 11 is 0. The molecule has 2 heteroatoms. The van der Waals surface area contributed by atoms with Crippen molar-refractivity contribution in [2.24, 2.45) is 4.99 Å². The molecule has 0 bridgehead atoms. The molecule has 0 amide bonds. The topological polar surface area (TPSA) is 15.6 Å². The summed E-state index contributed by atoms with van der Waals surface area (Å²) in [7, 11) is 5.78. The summed E-state index contributed by atoms with van der Waals surface area (Å²) in [5.41, 5.74) is 1.21. The molecule has 0 saturated carbocycles. The van der Waals surface area contributed by atoms with E-state index in [0.29, 0.717) is 0 Å². The summed E-state index contributed by atoms with van der Waals surface area (Å²) in [6, 6.07) is 0. The number of hydrogen-bond acceptors (Lipinski definition) is 2. The molecule has 0 unspecified atom stereocenters. The van der Waals surface area contributed by atoms with Gasteiger partial charge in [0.15, 0.2) is 0 Å². The van der Waals surface area contributed by atoms with Crippen LogP contribution < -0.4 is 0 Å². The maximum Gasteiger partial charge on any atom is 0.0277 e. The Morgan fingerprint density at radius 3 is 2.33 bits per heavy atom. The van der Waals surface area contributed by atoms with Gasteiger partial charge in [-0.2, -0.15) is 0 Å². The summed E-state index contributed by atoms with van der Waals surface area (Å²) in [5, 5.41) is 0. The Labute approximate surface area is 56.9 Å². The molecule has 0 saturated heterocycles. The monoisotopic (exact) mass is 126 g/mol. The summed E-state index contributed by atoms with van der Waals surface area (Å²) < 4.78 is 0. The van der Waals surface area contributed by atoms with Crippen molar-refractivity contribution in [2.45, 2.75) is 6.92 Å². The molecule has 9 heavy (non-hydrogen) atoms. The van der Waals surface area contributed by atoms with Gasteiger partial charge in [-0.1, -0.05) is 0 Å². The zero-order valence-corrected chi connectivity index (χ0v) is 6.55. The molecule has 0 aromatic rings. The standard InChI is InChI=1S/C7H14N2/c1-7(9(3)4)5-6-8-2/h5-6H,1-4H3/b7-5+,8-6?. The fourth-order valence-electron chi connectivity index (χ4n) is 0.331. The Hall–Kier alpha value is -0.790. The summed E-state index contributed by atoms with van der Waals surface area (Å²) in [6.07, 6.45) is 3.76. The van der Waals surface area contributed by atoms with Crippen molar-refractivity contribution in [3.05, 3.63) is 11.8 Å². The molecule has 52 valence electrons. The van der Waals surface area contributed by atoms with Crippen LogP contribution in [0.4, 0.5) is 0 Å². The van der Waals surface area contributed by atoms with Gasteiger partial charge in [-0.05, 0) is 13.0 Å². The van der Waals surface area contributed by atoms with Crippen molar-refractivity contribution in [3.8, 4) is 0 Å². The van der Waals surface area contributed by atoms with Gasteiger partial charge in [-0.15, -0.1) is 0 Å². The predicted molar refractivity (Wildman–Crippen MR) is 41.9 cm³/mol. The minimum Gasteiger partial charge on any atom is -0.381 e. The minimum atomic E-state index is 1.21. The van der Waals surface area contributed by atoms with E-state index in [-0.39, 0.29) is 0 Å². The third-order valence-electron chi connectivity index (χ3n) is 1.17. The first-order valence-electron chi connectivity index (χ1n) is 2.95. The lowest BCUT2D eigenvalue weighted by atomic mass is 10.4. The molecule has 0 N–H and O–H groups in total. The second-order valence-electron chi connectivity index (χ2n) is 2.11. The second kappa shape index (κ2) is 4.13. The Kier molecular flexibility index (Phi) is 3.76. The highest BCUT2D eigenvalue weighted by molar-refractivity contribution is 5.71. The van der Waals surface area contributed by atoms with Gasteiger partial charge in [-0.25, -0.2) is 0 Å². The van der Waals surface area contributed by atoms with Crippen LogP contribution in [0.15, 0.2) is 16.8 Å². The SMILES string of the molecule is CN=C/C=C(\C)N(C)C. The van der Waals surface area contributed by atoms with E-state index in [2.05, 4.69) is 4.99 Å². The quantitative estimate of drug-likeness (QED) is 0.507. The molecule has 0 aromatic heterocycles. The molecule has 0 radical (unpaired) electrons. The molecule has 0 aliphatic heterocycles. The maximum absolute atomic E-state index is 3.83. The van der Waals surface area contributed by atoms with Crippen molar-refractivity contribution in [3.63, 3.8) is 0 Å². The van der Waals surface area contributed by atoms with Crippen molar-refractivity contribution in [2.75, 3.05) is 21.1 Å². The van der Waals surface area contributed by atoms with Crippen LogP contribution in [-0.4, -0.2) is 32.3 Å². The number of aliphatic imine (C=N–C) groups is 1. The number of allylic oxidation sites excluding steroid dienone is 2. The Morgan fingerprint density at radius 1 is 1.44 bits per heavy atom. The van der Waals surface area contributed by atoms with E-state index in [1.807, 2.05) is 32.0 Å². The Bertz CT molecular complexity index is 123. The van der Waals surface area contributed by atoms with Crippen LogP contribution in [0.1, 0.15) is 6.92 Å². The van der Waals surface area contributed by atoms with E-state index < -0.39 is 0 Å². The van der Waals surface area contributed by atoms with E-state index in [0.717, 1.165) is 0 Å². The molecule has 0 fully saturated rings. The second-order valence-corrected chi connectivity index (χ2v) is 2.11. The molecule has 0 rings (SSSR count). The van der Waals surface area contributed by atoms with Gasteiger partial charge in [0.2, 0.25) is 0 Å². The largest absolute Gasteiger partial charge is 0.381 e. The maximum atomic E-state index is 3.83. The van der Waals surface area contributed by atoms with E-state index in [4.69, 9.17) is 0 Å². The van der Waals surface area contributed by atoms with Crippen LogP contribution in [0, 0.1) is 0 Å². The van der Waals surface area contributed by atoms with Gasteiger partial charge in [0.25, 0.3) is 0 Å². The molecule has 0 aliphatic rings. The lowest BCUT2D eigenvalue weighted by molar-refractivity contribution is 0.515. The smallest absolute Gasteiger partial charge is 0.0277 e. The molecule has 0 heterocycles. The summed E-state index contributed by atoms with van der Waals surface area (Å²) in [6.45, 7) is 2.04. The molecule has 0 aliphatic carbocycles. The fraction of sp³-hybridized carbons (Fsp3) is 0.571. The van der Waals surface area contributed by atoms with E-state index in [9.17, 15) is 0 Å². The number of rotatable bonds is 2.